The summed E-state index contributed by atoms with van der Waals surface area (Å²) in [6.07, 6.45) is -1.43. The molecule has 0 saturated heterocycles. The van der Waals surface area contributed by atoms with Gasteiger partial charge >= 0.3 is 6.18 Å². The van der Waals surface area contributed by atoms with Gasteiger partial charge in [0.25, 0.3) is 11.8 Å². The summed E-state index contributed by atoms with van der Waals surface area (Å²) in [4.78, 5) is 37.9. The van der Waals surface area contributed by atoms with Crippen LogP contribution in [0.4, 0.5) is 13.2 Å². The summed E-state index contributed by atoms with van der Waals surface area (Å²) in [5.74, 6) is -2.54. The Morgan fingerprint density at radius 3 is 2.25 bits per heavy atom. The number of benzene rings is 1. The molecule has 0 fully saturated rings. The van der Waals surface area contributed by atoms with Gasteiger partial charge in [-0.2, -0.15) is 13.2 Å². The summed E-state index contributed by atoms with van der Waals surface area (Å²) in [5.41, 5.74) is -1.12. The molecular weight excluding hydrogens is 427 g/mol. The van der Waals surface area contributed by atoms with E-state index in [2.05, 4.69) is 5.32 Å². The van der Waals surface area contributed by atoms with Crippen LogP contribution in [0.3, 0.4) is 0 Å². The van der Waals surface area contributed by atoms with Crippen LogP contribution in [0.25, 0.3) is 0 Å². The SMILES string of the molecule is CCNC(=O)c1cn(Cc2ccccc2)cc(C(=O)N[C@@H](c2ccco2)C(F)(F)F)c1=O. The number of alkyl halides is 3. The Labute approximate surface area is 180 Å². The van der Waals surface area contributed by atoms with Gasteiger partial charge in [-0.15, -0.1) is 0 Å². The van der Waals surface area contributed by atoms with Gasteiger partial charge in [0, 0.05) is 25.5 Å². The second kappa shape index (κ2) is 9.54. The second-order valence-corrected chi connectivity index (χ2v) is 6.90. The molecule has 0 saturated carbocycles. The zero-order valence-electron chi connectivity index (χ0n) is 17.0. The van der Waals surface area contributed by atoms with E-state index in [1.54, 1.807) is 42.6 Å². The van der Waals surface area contributed by atoms with Crippen molar-refractivity contribution in [2.75, 3.05) is 6.54 Å². The average molecular weight is 447 g/mol. The lowest BCUT2D eigenvalue weighted by atomic mass is 10.1. The van der Waals surface area contributed by atoms with Gasteiger partial charge in [-0.25, -0.2) is 0 Å². The lowest BCUT2D eigenvalue weighted by Crippen LogP contribution is -2.41. The minimum Gasteiger partial charge on any atom is -0.467 e. The van der Waals surface area contributed by atoms with Crippen LogP contribution in [0.5, 0.6) is 0 Å². The monoisotopic (exact) mass is 447 g/mol. The summed E-state index contributed by atoms with van der Waals surface area (Å²) >= 11 is 0. The molecule has 2 amide bonds. The number of carbonyl (C=O) groups is 2. The number of pyridine rings is 1. The molecular formula is C22H20F3N3O4. The van der Waals surface area contributed by atoms with Crippen LogP contribution in [0.15, 0.2) is 70.3 Å². The molecule has 2 N–H and O–H groups in total. The number of nitrogens with one attached hydrogen (secondary N) is 2. The largest absolute Gasteiger partial charge is 0.467 e. The molecule has 168 valence electrons. The molecule has 32 heavy (non-hydrogen) atoms. The second-order valence-electron chi connectivity index (χ2n) is 6.90. The van der Waals surface area contributed by atoms with E-state index in [0.29, 0.717) is 0 Å². The molecule has 3 rings (SSSR count). The van der Waals surface area contributed by atoms with Gasteiger partial charge in [-0.3, -0.25) is 14.4 Å². The van der Waals surface area contributed by atoms with Crippen molar-refractivity contribution in [3.8, 4) is 0 Å². The van der Waals surface area contributed by atoms with Crippen LogP contribution in [0.1, 0.15) is 45.0 Å². The molecule has 0 radical (unpaired) electrons. The normalized spacial score (nSPS) is 12.2. The van der Waals surface area contributed by atoms with E-state index in [1.807, 2.05) is 0 Å². The first-order valence-electron chi connectivity index (χ1n) is 9.68. The summed E-state index contributed by atoms with van der Waals surface area (Å²) < 4.78 is 46.7. The Morgan fingerprint density at radius 1 is 1.03 bits per heavy atom. The van der Waals surface area contributed by atoms with Crippen molar-refractivity contribution in [2.24, 2.45) is 0 Å². The van der Waals surface area contributed by atoms with Crippen LogP contribution in [-0.2, 0) is 6.54 Å². The van der Waals surface area contributed by atoms with Crippen molar-refractivity contribution in [1.29, 1.82) is 0 Å². The third kappa shape index (κ3) is 5.26. The van der Waals surface area contributed by atoms with E-state index < -0.39 is 40.8 Å². The minimum absolute atomic E-state index is 0.189. The smallest absolute Gasteiger partial charge is 0.415 e. The first kappa shape index (κ1) is 22.9. The molecule has 3 aromatic rings. The number of hydrogen-bond donors (Lipinski definition) is 2. The van der Waals surface area contributed by atoms with Gasteiger partial charge in [0.1, 0.15) is 16.9 Å². The van der Waals surface area contributed by atoms with Crippen molar-refractivity contribution < 1.29 is 27.2 Å². The zero-order valence-corrected chi connectivity index (χ0v) is 17.0. The number of hydrogen-bond acceptors (Lipinski definition) is 4. The molecule has 0 aliphatic carbocycles. The van der Waals surface area contributed by atoms with E-state index in [1.165, 1.54) is 16.8 Å². The fourth-order valence-corrected chi connectivity index (χ4v) is 3.07. The molecule has 7 nitrogen and oxygen atoms in total. The zero-order chi connectivity index (χ0) is 23.3. The fourth-order valence-electron chi connectivity index (χ4n) is 3.07. The third-order valence-electron chi connectivity index (χ3n) is 4.54. The van der Waals surface area contributed by atoms with E-state index in [4.69, 9.17) is 4.42 Å². The van der Waals surface area contributed by atoms with E-state index >= 15 is 0 Å². The minimum atomic E-state index is -4.87. The first-order chi connectivity index (χ1) is 15.2. The number of nitrogens with zero attached hydrogens (tertiary/aromatic N) is 1. The quantitative estimate of drug-likeness (QED) is 0.582. The lowest BCUT2D eigenvalue weighted by molar-refractivity contribution is -0.159. The predicted octanol–water partition coefficient (Wildman–Crippen LogP) is 3.27. The Balaban J connectivity index is 2.02. The van der Waals surface area contributed by atoms with Gasteiger partial charge in [0.2, 0.25) is 5.43 Å². The Bertz CT molecular complexity index is 1140. The average Bonchev–Trinajstić information content (AvgIpc) is 3.27. The topological polar surface area (TPSA) is 93.3 Å². The van der Waals surface area contributed by atoms with Gasteiger partial charge in [0.05, 0.1) is 6.26 Å². The van der Waals surface area contributed by atoms with Gasteiger partial charge in [-0.1, -0.05) is 30.3 Å². The molecule has 1 atom stereocenters. The van der Waals surface area contributed by atoms with Crippen molar-refractivity contribution in [3.05, 3.63) is 93.8 Å². The first-order valence-corrected chi connectivity index (χ1v) is 9.68. The van der Waals surface area contributed by atoms with Gasteiger partial charge in [0.15, 0.2) is 6.04 Å². The Kier molecular flexibility index (Phi) is 6.82. The number of carbonyl (C=O) groups excluding carboxylic acids is 2. The fraction of sp³-hybridized carbons (Fsp3) is 0.227. The lowest BCUT2D eigenvalue weighted by Gasteiger charge is -2.20. The van der Waals surface area contributed by atoms with Crippen LogP contribution < -0.4 is 16.1 Å². The predicted molar refractivity (Wildman–Crippen MR) is 109 cm³/mol. The molecule has 0 aliphatic heterocycles. The molecule has 2 heterocycles. The summed E-state index contributed by atoms with van der Waals surface area (Å²) in [7, 11) is 0. The van der Waals surface area contributed by atoms with Crippen LogP contribution in [0.2, 0.25) is 0 Å². The molecule has 1 aromatic carbocycles. The highest BCUT2D eigenvalue weighted by molar-refractivity contribution is 5.99. The number of furan rings is 1. The molecule has 10 heteroatoms. The van der Waals surface area contributed by atoms with Crippen molar-refractivity contribution in [2.45, 2.75) is 25.7 Å². The molecule has 0 aliphatic rings. The maximum Gasteiger partial charge on any atom is 0.415 e. The highest BCUT2D eigenvalue weighted by Crippen LogP contribution is 2.33. The molecule has 0 unspecified atom stereocenters. The summed E-state index contributed by atoms with van der Waals surface area (Å²) in [6.45, 7) is 2.06. The van der Waals surface area contributed by atoms with E-state index in [9.17, 15) is 27.6 Å². The van der Waals surface area contributed by atoms with Crippen LogP contribution in [0, 0.1) is 0 Å². The highest BCUT2D eigenvalue weighted by atomic mass is 19.4. The summed E-state index contributed by atoms with van der Waals surface area (Å²) in [6, 6.07) is 8.82. The Hall–Kier alpha value is -3.82. The van der Waals surface area contributed by atoms with Crippen molar-refractivity contribution in [1.82, 2.24) is 15.2 Å². The van der Waals surface area contributed by atoms with Crippen molar-refractivity contribution >= 4 is 11.8 Å². The highest BCUT2D eigenvalue weighted by Gasteiger charge is 2.44. The van der Waals surface area contributed by atoms with Crippen molar-refractivity contribution in [3.63, 3.8) is 0 Å². The van der Waals surface area contributed by atoms with Gasteiger partial charge < -0.3 is 19.6 Å². The number of halogens is 3. The van der Waals surface area contributed by atoms with Crippen LogP contribution >= 0.6 is 0 Å². The molecule has 2 aromatic heterocycles. The maximum absolute atomic E-state index is 13.5. The Morgan fingerprint density at radius 2 is 1.69 bits per heavy atom. The molecule has 0 spiro atoms. The summed E-state index contributed by atoms with van der Waals surface area (Å²) in [5, 5.41) is 4.27. The van der Waals surface area contributed by atoms with Gasteiger partial charge in [-0.05, 0) is 24.6 Å². The molecule has 0 bridgehead atoms. The van der Waals surface area contributed by atoms with E-state index in [-0.39, 0.29) is 18.7 Å². The number of amides is 2. The number of rotatable bonds is 7. The van der Waals surface area contributed by atoms with E-state index in [0.717, 1.165) is 24.1 Å². The maximum atomic E-state index is 13.5. The van der Waals surface area contributed by atoms with Crippen LogP contribution in [-0.4, -0.2) is 29.1 Å². The number of aromatic nitrogens is 1. The standard InChI is InChI=1S/C22H20F3N3O4/c1-2-26-20(30)15-12-28(11-14-7-4-3-5-8-14)13-16(18(15)29)21(31)27-19(22(23,24)25)17-9-6-10-32-17/h3-10,12-13,19H,2,11H2,1H3,(H,26,30)(H,27,31)/t19-/m0/s1. The third-order valence-corrected chi connectivity index (χ3v) is 4.54.